The van der Waals surface area contributed by atoms with Crippen LogP contribution in [-0.4, -0.2) is 29.3 Å². The minimum absolute atomic E-state index is 0.224. The molecule has 0 radical (unpaired) electrons. The molecule has 0 spiro atoms. The highest BCUT2D eigenvalue weighted by Crippen LogP contribution is 2.21. The lowest BCUT2D eigenvalue weighted by molar-refractivity contribution is 0.0658. The first-order valence-electron chi connectivity index (χ1n) is 5.94. The molecular formula is C12H11F4N3O2S. The summed E-state index contributed by atoms with van der Waals surface area (Å²) in [4.78, 5) is 2.76. The molecule has 1 heterocycles. The zero-order valence-electron chi connectivity index (χ0n) is 11.2. The number of nitrogens with zero attached hydrogens (tertiary/aromatic N) is 3. The quantitative estimate of drug-likeness (QED) is 0.787. The molecule has 2 rings (SSSR count). The van der Waals surface area contributed by atoms with Crippen LogP contribution >= 0.6 is 0 Å². The molecule has 2 aromatic rings. The molecule has 0 aliphatic heterocycles. The predicted molar refractivity (Wildman–Crippen MR) is 68.5 cm³/mol. The van der Waals surface area contributed by atoms with Gasteiger partial charge in [0.2, 0.25) is 10.0 Å². The highest BCUT2D eigenvalue weighted by Gasteiger charge is 2.27. The van der Waals surface area contributed by atoms with Crippen molar-refractivity contribution in [3.63, 3.8) is 0 Å². The maximum atomic E-state index is 13.6. The second-order valence-corrected chi connectivity index (χ2v) is 6.38. The molecule has 10 heteroatoms. The fraction of sp³-hybridized carbons (Fsp3) is 0.250. The number of sulfonamides is 1. The van der Waals surface area contributed by atoms with E-state index < -0.39 is 39.6 Å². The highest BCUT2D eigenvalue weighted by molar-refractivity contribution is 7.89. The van der Waals surface area contributed by atoms with E-state index in [0.717, 1.165) is 25.5 Å². The standard InChI is InChI=1S/C12H11F4N3O2S/c1-18(7-11-17-4-5-19(11)12(15)16)22(20,21)10-6-8(13)2-3-9(10)14/h2-6,12H,7H2,1H3. The van der Waals surface area contributed by atoms with Gasteiger partial charge in [-0.15, -0.1) is 0 Å². The third-order valence-corrected chi connectivity index (χ3v) is 4.72. The molecule has 0 aliphatic carbocycles. The van der Waals surface area contributed by atoms with Crippen LogP contribution in [0.5, 0.6) is 0 Å². The van der Waals surface area contributed by atoms with E-state index in [9.17, 15) is 26.0 Å². The second kappa shape index (κ2) is 6.05. The molecule has 22 heavy (non-hydrogen) atoms. The number of halogens is 4. The summed E-state index contributed by atoms with van der Waals surface area (Å²) in [5.74, 6) is -2.29. The Morgan fingerprint density at radius 1 is 1.32 bits per heavy atom. The van der Waals surface area contributed by atoms with E-state index in [4.69, 9.17) is 0 Å². The third-order valence-electron chi connectivity index (χ3n) is 2.90. The Kier molecular flexibility index (Phi) is 4.52. The Hall–Kier alpha value is -1.94. The Morgan fingerprint density at radius 2 is 2.00 bits per heavy atom. The van der Waals surface area contributed by atoms with E-state index in [0.29, 0.717) is 21.0 Å². The molecular weight excluding hydrogens is 326 g/mol. The summed E-state index contributed by atoms with van der Waals surface area (Å²) in [6.45, 7) is -3.41. The van der Waals surface area contributed by atoms with Gasteiger partial charge in [0.1, 0.15) is 22.4 Å². The lowest BCUT2D eigenvalue weighted by Crippen LogP contribution is -2.29. The SMILES string of the molecule is CN(Cc1nccn1C(F)F)S(=O)(=O)c1cc(F)ccc1F. The number of aromatic nitrogens is 2. The van der Waals surface area contributed by atoms with Crippen LogP contribution < -0.4 is 0 Å². The van der Waals surface area contributed by atoms with E-state index >= 15 is 0 Å². The fourth-order valence-electron chi connectivity index (χ4n) is 1.77. The number of hydrogen-bond acceptors (Lipinski definition) is 3. The average molecular weight is 337 g/mol. The molecule has 0 bridgehead atoms. The van der Waals surface area contributed by atoms with Crippen LogP contribution in [0.1, 0.15) is 12.4 Å². The van der Waals surface area contributed by atoms with Crippen LogP contribution in [0.4, 0.5) is 17.6 Å². The van der Waals surface area contributed by atoms with Gasteiger partial charge < -0.3 is 0 Å². The minimum Gasteiger partial charge on any atom is -0.277 e. The van der Waals surface area contributed by atoms with Crippen molar-refractivity contribution >= 4 is 10.0 Å². The first kappa shape index (κ1) is 16.4. The van der Waals surface area contributed by atoms with Gasteiger partial charge >= 0.3 is 6.55 Å². The molecule has 0 amide bonds. The minimum atomic E-state index is -4.39. The topological polar surface area (TPSA) is 55.2 Å². The summed E-state index contributed by atoms with van der Waals surface area (Å²) in [6, 6.07) is 1.98. The lowest BCUT2D eigenvalue weighted by atomic mass is 10.3. The van der Waals surface area contributed by atoms with Crippen molar-refractivity contribution < 1.29 is 26.0 Å². The first-order valence-corrected chi connectivity index (χ1v) is 7.38. The number of imidazole rings is 1. The van der Waals surface area contributed by atoms with Crippen LogP contribution in [0.3, 0.4) is 0 Å². The van der Waals surface area contributed by atoms with Crippen molar-refractivity contribution in [1.82, 2.24) is 13.9 Å². The third kappa shape index (κ3) is 3.12. The molecule has 120 valence electrons. The van der Waals surface area contributed by atoms with Crippen molar-refractivity contribution in [2.24, 2.45) is 0 Å². The summed E-state index contributed by atoms with van der Waals surface area (Å²) in [7, 11) is -3.33. The summed E-state index contributed by atoms with van der Waals surface area (Å²) in [5, 5.41) is 0. The van der Waals surface area contributed by atoms with Gasteiger partial charge in [-0.2, -0.15) is 13.1 Å². The zero-order valence-corrected chi connectivity index (χ0v) is 12.1. The Morgan fingerprint density at radius 3 is 2.64 bits per heavy atom. The van der Waals surface area contributed by atoms with Gasteiger partial charge in [-0.3, -0.25) is 4.57 Å². The second-order valence-electron chi connectivity index (χ2n) is 4.36. The van der Waals surface area contributed by atoms with E-state index in [1.807, 2.05) is 0 Å². The van der Waals surface area contributed by atoms with Gasteiger partial charge in [-0.1, -0.05) is 0 Å². The Bertz CT molecular complexity index is 776. The van der Waals surface area contributed by atoms with Gasteiger partial charge in [0, 0.05) is 19.4 Å². The Labute approximate surface area is 123 Å². The molecule has 5 nitrogen and oxygen atoms in total. The van der Waals surface area contributed by atoms with Crippen molar-refractivity contribution in [2.75, 3.05) is 7.05 Å². The zero-order chi connectivity index (χ0) is 16.5. The summed E-state index contributed by atoms with van der Waals surface area (Å²) in [6.07, 6.45) is 2.08. The molecule has 0 saturated heterocycles. The van der Waals surface area contributed by atoms with Crippen LogP contribution in [0, 0.1) is 11.6 Å². The number of rotatable bonds is 5. The molecule has 0 fully saturated rings. The molecule has 1 aromatic heterocycles. The number of benzene rings is 1. The van der Waals surface area contributed by atoms with Crippen molar-refractivity contribution in [2.45, 2.75) is 18.0 Å². The molecule has 0 N–H and O–H groups in total. The van der Waals surface area contributed by atoms with Gasteiger partial charge in [0.15, 0.2) is 0 Å². The maximum absolute atomic E-state index is 13.6. The van der Waals surface area contributed by atoms with Crippen molar-refractivity contribution in [3.8, 4) is 0 Å². The summed E-state index contributed by atoms with van der Waals surface area (Å²) in [5.41, 5.74) is 0. The summed E-state index contributed by atoms with van der Waals surface area (Å²) < 4.78 is 77.6. The number of hydrogen-bond donors (Lipinski definition) is 0. The van der Waals surface area contributed by atoms with Crippen LogP contribution in [0.15, 0.2) is 35.5 Å². The van der Waals surface area contributed by atoms with Gasteiger partial charge in [0.05, 0.1) is 6.54 Å². The van der Waals surface area contributed by atoms with E-state index in [-0.39, 0.29) is 5.82 Å². The highest BCUT2D eigenvalue weighted by atomic mass is 32.2. The Balaban J connectivity index is 2.33. The molecule has 0 aliphatic rings. The van der Waals surface area contributed by atoms with Crippen molar-refractivity contribution in [1.29, 1.82) is 0 Å². The molecule has 0 unspecified atom stereocenters. The monoisotopic (exact) mass is 337 g/mol. The smallest absolute Gasteiger partial charge is 0.277 e. The molecule has 1 aromatic carbocycles. The summed E-state index contributed by atoms with van der Waals surface area (Å²) >= 11 is 0. The fourth-order valence-corrected chi connectivity index (χ4v) is 2.97. The molecule has 0 saturated carbocycles. The van der Waals surface area contributed by atoms with E-state index in [2.05, 4.69) is 4.98 Å². The normalized spacial score (nSPS) is 12.3. The number of alkyl halides is 2. The first-order chi connectivity index (χ1) is 10.2. The van der Waals surface area contributed by atoms with Crippen LogP contribution in [0.2, 0.25) is 0 Å². The van der Waals surface area contributed by atoms with Crippen molar-refractivity contribution in [3.05, 3.63) is 48.1 Å². The van der Waals surface area contributed by atoms with E-state index in [1.54, 1.807) is 0 Å². The average Bonchev–Trinajstić information content (AvgIpc) is 2.89. The largest absolute Gasteiger partial charge is 0.319 e. The molecule has 0 atom stereocenters. The van der Waals surface area contributed by atoms with Crippen LogP contribution in [0.25, 0.3) is 0 Å². The predicted octanol–water partition coefficient (Wildman–Crippen LogP) is 2.38. The van der Waals surface area contributed by atoms with Crippen LogP contribution in [-0.2, 0) is 16.6 Å². The van der Waals surface area contributed by atoms with E-state index in [1.165, 1.54) is 0 Å². The lowest BCUT2D eigenvalue weighted by Gasteiger charge is -2.18. The maximum Gasteiger partial charge on any atom is 0.319 e. The van der Waals surface area contributed by atoms with Gasteiger partial charge in [-0.05, 0) is 18.2 Å². The van der Waals surface area contributed by atoms with Gasteiger partial charge in [-0.25, -0.2) is 22.2 Å². The van der Waals surface area contributed by atoms with Gasteiger partial charge in [0.25, 0.3) is 0 Å².